The first-order valence-corrected chi connectivity index (χ1v) is 6.57. The Morgan fingerprint density at radius 1 is 1.21 bits per heavy atom. The van der Waals surface area contributed by atoms with Crippen LogP contribution in [0.2, 0.25) is 5.02 Å². The van der Waals surface area contributed by atoms with Crippen molar-refractivity contribution in [3.8, 4) is 0 Å². The lowest BCUT2D eigenvalue weighted by Gasteiger charge is -2.17. The molecular weight excluding hydrogens is 263 g/mol. The molecule has 2 aromatic rings. The van der Waals surface area contributed by atoms with Crippen LogP contribution in [-0.4, -0.2) is 18.1 Å². The van der Waals surface area contributed by atoms with E-state index < -0.39 is 0 Å². The summed E-state index contributed by atoms with van der Waals surface area (Å²) >= 11 is 5.91. The number of nitrogens with zero attached hydrogens (tertiary/aromatic N) is 1. The van der Waals surface area contributed by atoms with Gasteiger partial charge in [-0.3, -0.25) is 4.98 Å². The van der Waals surface area contributed by atoms with Gasteiger partial charge >= 0.3 is 0 Å². The molecule has 1 atom stereocenters. The van der Waals surface area contributed by atoms with E-state index >= 15 is 0 Å². The second kappa shape index (κ2) is 6.64. The van der Waals surface area contributed by atoms with E-state index in [0.717, 1.165) is 6.42 Å². The summed E-state index contributed by atoms with van der Waals surface area (Å²) in [5, 5.41) is 3.78. The molecule has 0 spiro atoms. The molecule has 2 rings (SSSR count). The second-order valence-electron chi connectivity index (χ2n) is 4.49. The summed E-state index contributed by atoms with van der Waals surface area (Å²) in [6.45, 7) is 0. The van der Waals surface area contributed by atoms with Gasteiger partial charge in [0.1, 0.15) is 5.82 Å². The monoisotopic (exact) mass is 278 g/mol. The second-order valence-corrected chi connectivity index (χ2v) is 4.92. The molecule has 0 amide bonds. The van der Waals surface area contributed by atoms with Gasteiger partial charge in [-0.15, -0.1) is 0 Å². The lowest BCUT2D eigenvalue weighted by molar-refractivity contribution is 0.532. The molecule has 4 heteroatoms. The standard InChI is InChI=1S/C15H16ClFN2/c1-18-14(8-11-4-6-19-7-5-11)10-12-9-13(16)2-3-15(12)17/h2-7,9,14,18H,8,10H2,1H3. The molecule has 0 aliphatic rings. The van der Waals surface area contributed by atoms with Crippen molar-refractivity contribution in [3.05, 3.63) is 64.7 Å². The van der Waals surface area contributed by atoms with Crippen molar-refractivity contribution >= 4 is 11.6 Å². The number of likely N-dealkylation sites (N-methyl/N-ethyl adjacent to an activating group) is 1. The first-order chi connectivity index (χ1) is 9.19. The van der Waals surface area contributed by atoms with Gasteiger partial charge in [-0.05, 0) is 61.3 Å². The van der Waals surface area contributed by atoms with Crippen LogP contribution in [0.25, 0.3) is 0 Å². The van der Waals surface area contributed by atoms with Gasteiger partial charge in [0.05, 0.1) is 0 Å². The van der Waals surface area contributed by atoms with Crippen LogP contribution in [0.4, 0.5) is 4.39 Å². The van der Waals surface area contributed by atoms with Crippen LogP contribution in [-0.2, 0) is 12.8 Å². The average Bonchev–Trinajstić information content (AvgIpc) is 2.43. The quantitative estimate of drug-likeness (QED) is 0.908. The molecule has 0 saturated heterocycles. The van der Waals surface area contributed by atoms with Gasteiger partial charge < -0.3 is 5.32 Å². The number of hydrogen-bond donors (Lipinski definition) is 1. The summed E-state index contributed by atoms with van der Waals surface area (Å²) in [6, 6.07) is 8.77. The topological polar surface area (TPSA) is 24.9 Å². The highest BCUT2D eigenvalue weighted by Gasteiger charge is 2.12. The number of hydrogen-bond acceptors (Lipinski definition) is 2. The Morgan fingerprint density at radius 2 is 1.95 bits per heavy atom. The minimum Gasteiger partial charge on any atom is -0.316 e. The normalized spacial score (nSPS) is 12.4. The Labute approximate surface area is 117 Å². The summed E-state index contributed by atoms with van der Waals surface area (Å²) in [7, 11) is 1.88. The summed E-state index contributed by atoms with van der Waals surface area (Å²) in [4.78, 5) is 3.99. The van der Waals surface area contributed by atoms with Crippen LogP contribution >= 0.6 is 11.6 Å². The third-order valence-corrected chi connectivity index (χ3v) is 3.35. The molecule has 1 unspecified atom stereocenters. The predicted molar refractivity (Wildman–Crippen MR) is 75.9 cm³/mol. The van der Waals surface area contributed by atoms with E-state index in [1.54, 1.807) is 24.5 Å². The SMILES string of the molecule is CNC(Cc1ccncc1)Cc1cc(Cl)ccc1F. The minimum atomic E-state index is -0.209. The lowest BCUT2D eigenvalue weighted by atomic mass is 9.99. The van der Waals surface area contributed by atoms with Crippen LogP contribution in [0.15, 0.2) is 42.7 Å². The highest BCUT2D eigenvalue weighted by Crippen LogP contribution is 2.17. The van der Waals surface area contributed by atoms with E-state index in [9.17, 15) is 4.39 Å². The maximum Gasteiger partial charge on any atom is 0.126 e. The Bertz CT molecular complexity index is 531. The fraction of sp³-hybridized carbons (Fsp3) is 0.267. The van der Waals surface area contributed by atoms with E-state index in [2.05, 4.69) is 10.3 Å². The number of rotatable bonds is 5. The molecule has 19 heavy (non-hydrogen) atoms. The zero-order valence-corrected chi connectivity index (χ0v) is 11.5. The van der Waals surface area contributed by atoms with Crippen LogP contribution in [0.5, 0.6) is 0 Å². The molecule has 1 N–H and O–H groups in total. The predicted octanol–water partition coefficient (Wildman–Crippen LogP) is 3.25. The summed E-state index contributed by atoms with van der Waals surface area (Å²) in [5.41, 5.74) is 1.82. The van der Waals surface area contributed by atoms with Crippen LogP contribution in [0.1, 0.15) is 11.1 Å². The van der Waals surface area contributed by atoms with Crippen LogP contribution in [0, 0.1) is 5.82 Å². The number of benzene rings is 1. The van der Waals surface area contributed by atoms with Gasteiger partial charge in [0, 0.05) is 23.5 Å². The zero-order chi connectivity index (χ0) is 13.7. The molecule has 0 radical (unpaired) electrons. The molecule has 2 nitrogen and oxygen atoms in total. The molecule has 1 heterocycles. The molecule has 0 aliphatic heterocycles. The molecule has 100 valence electrons. The minimum absolute atomic E-state index is 0.162. The lowest BCUT2D eigenvalue weighted by Crippen LogP contribution is -2.30. The number of pyridine rings is 1. The Balaban J connectivity index is 2.09. The largest absolute Gasteiger partial charge is 0.316 e. The third kappa shape index (κ3) is 4.01. The van der Waals surface area contributed by atoms with E-state index in [1.807, 2.05) is 19.2 Å². The van der Waals surface area contributed by atoms with Gasteiger partial charge in [-0.25, -0.2) is 4.39 Å². The van der Waals surface area contributed by atoms with Crippen LogP contribution < -0.4 is 5.32 Å². The number of halogens is 2. The molecule has 0 aliphatic carbocycles. The van der Waals surface area contributed by atoms with Crippen molar-refractivity contribution in [1.82, 2.24) is 10.3 Å². The van der Waals surface area contributed by atoms with Gasteiger partial charge in [0.2, 0.25) is 0 Å². The highest BCUT2D eigenvalue weighted by molar-refractivity contribution is 6.30. The van der Waals surface area contributed by atoms with Crippen molar-refractivity contribution in [3.63, 3.8) is 0 Å². The van der Waals surface area contributed by atoms with E-state index in [4.69, 9.17) is 11.6 Å². The molecule has 1 aromatic carbocycles. The maximum absolute atomic E-state index is 13.7. The van der Waals surface area contributed by atoms with Crippen molar-refractivity contribution in [2.75, 3.05) is 7.05 Å². The molecule has 0 fully saturated rings. The Kier molecular flexibility index (Phi) is 4.88. The van der Waals surface area contributed by atoms with Gasteiger partial charge in [0.25, 0.3) is 0 Å². The summed E-state index contributed by atoms with van der Waals surface area (Å²) in [5.74, 6) is -0.209. The van der Waals surface area contributed by atoms with Crippen molar-refractivity contribution < 1.29 is 4.39 Å². The van der Waals surface area contributed by atoms with Gasteiger partial charge in [-0.2, -0.15) is 0 Å². The molecule has 1 aromatic heterocycles. The van der Waals surface area contributed by atoms with E-state index in [0.29, 0.717) is 17.0 Å². The van der Waals surface area contributed by atoms with E-state index in [-0.39, 0.29) is 11.9 Å². The molecule has 0 saturated carbocycles. The fourth-order valence-corrected chi connectivity index (χ4v) is 2.24. The Hall–Kier alpha value is -1.45. The number of aromatic nitrogens is 1. The van der Waals surface area contributed by atoms with Crippen molar-refractivity contribution in [2.45, 2.75) is 18.9 Å². The Morgan fingerprint density at radius 3 is 2.63 bits per heavy atom. The van der Waals surface area contributed by atoms with Gasteiger partial charge in [0.15, 0.2) is 0 Å². The fourth-order valence-electron chi connectivity index (χ4n) is 2.04. The smallest absolute Gasteiger partial charge is 0.126 e. The summed E-state index contributed by atoms with van der Waals surface area (Å²) in [6.07, 6.45) is 4.96. The van der Waals surface area contributed by atoms with Gasteiger partial charge in [-0.1, -0.05) is 11.6 Å². The summed E-state index contributed by atoms with van der Waals surface area (Å²) < 4.78 is 13.7. The highest BCUT2D eigenvalue weighted by atomic mass is 35.5. The van der Waals surface area contributed by atoms with Crippen molar-refractivity contribution in [2.24, 2.45) is 0 Å². The van der Waals surface area contributed by atoms with Crippen LogP contribution in [0.3, 0.4) is 0 Å². The average molecular weight is 279 g/mol. The van der Waals surface area contributed by atoms with E-state index in [1.165, 1.54) is 11.6 Å². The zero-order valence-electron chi connectivity index (χ0n) is 10.7. The third-order valence-electron chi connectivity index (χ3n) is 3.11. The maximum atomic E-state index is 13.7. The molecule has 0 bridgehead atoms. The number of nitrogens with one attached hydrogen (secondary N) is 1. The molecular formula is C15H16ClFN2. The first kappa shape index (κ1) is 14.0. The first-order valence-electron chi connectivity index (χ1n) is 6.19. The van der Waals surface area contributed by atoms with Crippen molar-refractivity contribution in [1.29, 1.82) is 0 Å².